The molecule has 1 aromatic rings. The molecular formula is C14H16N2O4. The van der Waals surface area contributed by atoms with Crippen LogP contribution in [0.5, 0.6) is 17.2 Å². The topological polar surface area (TPSA) is 94.6 Å². The maximum Gasteiger partial charge on any atom is 0.259 e. The van der Waals surface area contributed by atoms with E-state index in [-0.39, 0.29) is 5.57 Å². The van der Waals surface area contributed by atoms with Crippen molar-refractivity contribution in [3.05, 3.63) is 23.3 Å². The Bertz CT molecular complexity index is 548. The number of nitriles is 1. The van der Waals surface area contributed by atoms with Crippen molar-refractivity contribution in [3.63, 3.8) is 0 Å². The fourth-order valence-electron chi connectivity index (χ4n) is 1.60. The van der Waals surface area contributed by atoms with Crippen molar-refractivity contribution in [1.82, 2.24) is 0 Å². The van der Waals surface area contributed by atoms with Gasteiger partial charge in [0.25, 0.3) is 5.91 Å². The molecule has 0 heterocycles. The van der Waals surface area contributed by atoms with Gasteiger partial charge in [-0.15, -0.1) is 0 Å². The summed E-state index contributed by atoms with van der Waals surface area (Å²) < 4.78 is 15.9. The van der Waals surface area contributed by atoms with E-state index >= 15 is 0 Å². The lowest BCUT2D eigenvalue weighted by Crippen LogP contribution is -2.12. The number of rotatable bonds is 6. The standard InChI is InChI=1S/C14H16N2O4/c1-4-20-13-11(18-2)6-9(7-12(13)19-3)5-10(8-15)14(16)17/h5-7H,4H2,1-3H3,(H2,16,17). The van der Waals surface area contributed by atoms with Gasteiger partial charge in [-0.1, -0.05) is 0 Å². The zero-order chi connectivity index (χ0) is 15.1. The van der Waals surface area contributed by atoms with Crippen LogP contribution in [0.4, 0.5) is 0 Å². The molecule has 2 N–H and O–H groups in total. The van der Waals surface area contributed by atoms with Crippen LogP contribution in [0.15, 0.2) is 17.7 Å². The maximum absolute atomic E-state index is 11.1. The molecule has 0 aliphatic rings. The monoisotopic (exact) mass is 276 g/mol. The molecule has 0 saturated heterocycles. The van der Waals surface area contributed by atoms with Crippen molar-refractivity contribution in [2.45, 2.75) is 6.92 Å². The van der Waals surface area contributed by atoms with Crippen LogP contribution in [0.3, 0.4) is 0 Å². The van der Waals surface area contributed by atoms with Gasteiger partial charge in [0.1, 0.15) is 11.6 Å². The molecule has 1 amide bonds. The fraction of sp³-hybridized carbons (Fsp3) is 0.286. The van der Waals surface area contributed by atoms with Gasteiger partial charge in [-0.25, -0.2) is 0 Å². The summed E-state index contributed by atoms with van der Waals surface area (Å²) in [5.74, 6) is 0.560. The van der Waals surface area contributed by atoms with Gasteiger partial charge in [0.15, 0.2) is 11.5 Å². The Hall–Kier alpha value is -2.68. The van der Waals surface area contributed by atoms with Crippen LogP contribution in [0.25, 0.3) is 6.08 Å². The average molecular weight is 276 g/mol. The first-order valence-electron chi connectivity index (χ1n) is 5.87. The van der Waals surface area contributed by atoms with E-state index in [2.05, 4.69) is 0 Å². The molecule has 0 fully saturated rings. The Kier molecular flexibility index (Phi) is 5.42. The van der Waals surface area contributed by atoms with Crippen molar-refractivity contribution < 1.29 is 19.0 Å². The van der Waals surface area contributed by atoms with E-state index in [0.717, 1.165) is 0 Å². The summed E-state index contributed by atoms with van der Waals surface area (Å²) >= 11 is 0. The summed E-state index contributed by atoms with van der Waals surface area (Å²) in [6.45, 7) is 2.29. The van der Waals surface area contributed by atoms with Crippen molar-refractivity contribution in [3.8, 4) is 23.3 Å². The van der Waals surface area contributed by atoms with E-state index in [1.165, 1.54) is 20.3 Å². The first-order valence-corrected chi connectivity index (χ1v) is 5.87. The molecule has 1 rings (SSSR count). The minimum Gasteiger partial charge on any atom is -0.493 e. The van der Waals surface area contributed by atoms with Gasteiger partial charge in [-0.2, -0.15) is 5.26 Å². The van der Waals surface area contributed by atoms with Crippen LogP contribution >= 0.6 is 0 Å². The molecule has 0 atom stereocenters. The Labute approximate surface area is 117 Å². The van der Waals surface area contributed by atoms with Gasteiger partial charge >= 0.3 is 0 Å². The summed E-state index contributed by atoms with van der Waals surface area (Å²) in [6, 6.07) is 5.00. The molecule has 0 saturated carbocycles. The molecule has 106 valence electrons. The first-order chi connectivity index (χ1) is 9.57. The van der Waals surface area contributed by atoms with Crippen LogP contribution in [-0.2, 0) is 4.79 Å². The van der Waals surface area contributed by atoms with E-state index in [4.69, 9.17) is 25.2 Å². The van der Waals surface area contributed by atoms with Gasteiger partial charge in [-0.3, -0.25) is 4.79 Å². The highest BCUT2D eigenvalue weighted by Gasteiger charge is 2.14. The van der Waals surface area contributed by atoms with Gasteiger partial charge in [0.05, 0.1) is 20.8 Å². The molecule has 0 radical (unpaired) electrons. The number of amides is 1. The molecule has 0 unspecified atom stereocenters. The number of nitrogens with two attached hydrogens (primary N) is 1. The largest absolute Gasteiger partial charge is 0.493 e. The Morgan fingerprint density at radius 1 is 1.35 bits per heavy atom. The third-order valence-electron chi connectivity index (χ3n) is 2.47. The van der Waals surface area contributed by atoms with E-state index in [1.807, 2.05) is 6.92 Å². The number of ether oxygens (including phenoxy) is 3. The molecule has 0 aliphatic heterocycles. The molecule has 0 aromatic heterocycles. The number of nitrogens with zero attached hydrogens (tertiary/aromatic N) is 1. The van der Waals surface area contributed by atoms with Crippen LogP contribution in [-0.4, -0.2) is 26.7 Å². The number of carbonyl (C=O) groups is 1. The lowest BCUT2D eigenvalue weighted by Gasteiger charge is -2.14. The zero-order valence-corrected chi connectivity index (χ0v) is 11.6. The van der Waals surface area contributed by atoms with Gasteiger partial charge in [-0.05, 0) is 30.7 Å². The molecule has 20 heavy (non-hydrogen) atoms. The van der Waals surface area contributed by atoms with E-state index < -0.39 is 5.91 Å². The predicted molar refractivity (Wildman–Crippen MR) is 73.5 cm³/mol. The van der Waals surface area contributed by atoms with Gasteiger partial charge in [0.2, 0.25) is 5.75 Å². The smallest absolute Gasteiger partial charge is 0.259 e. The van der Waals surface area contributed by atoms with Crippen LogP contribution < -0.4 is 19.9 Å². The third-order valence-corrected chi connectivity index (χ3v) is 2.47. The lowest BCUT2D eigenvalue weighted by atomic mass is 10.1. The molecule has 0 spiro atoms. The minimum absolute atomic E-state index is 0.154. The van der Waals surface area contributed by atoms with Crippen molar-refractivity contribution in [2.75, 3.05) is 20.8 Å². The Balaban J connectivity index is 3.38. The lowest BCUT2D eigenvalue weighted by molar-refractivity contribution is -0.114. The Morgan fingerprint density at radius 3 is 2.25 bits per heavy atom. The molecule has 0 aliphatic carbocycles. The highest BCUT2D eigenvalue weighted by atomic mass is 16.5. The predicted octanol–water partition coefficient (Wildman–Crippen LogP) is 1.49. The molecule has 0 bridgehead atoms. The number of hydrogen-bond donors (Lipinski definition) is 1. The first kappa shape index (κ1) is 15.4. The Morgan fingerprint density at radius 2 is 1.90 bits per heavy atom. The maximum atomic E-state index is 11.1. The molecule has 6 heteroatoms. The number of carbonyl (C=O) groups excluding carboxylic acids is 1. The van der Waals surface area contributed by atoms with Crippen LogP contribution in [0.2, 0.25) is 0 Å². The fourth-order valence-corrected chi connectivity index (χ4v) is 1.60. The number of methoxy groups -OCH3 is 2. The summed E-state index contributed by atoms with van der Waals surface area (Å²) in [7, 11) is 2.98. The van der Waals surface area contributed by atoms with E-state index in [0.29, 0.717) is 29.4 Å². The highest BCUT2D eigenvalue weighted by molar-refractivity contribution is 6.00. The molecule has 1 aromatic carbocycles. The van der Waals surface area contributed by atoms with Gasteiger partial charge < -0.3 is 19.9 Å². The number of benzene rings is 1. The second-order valence-corrected chi connectivity index (χ2v) is 3.72. The van der Waals surface area contributed by atoms with Crippen LogP contribution in [0.1, 0.15) is 12.5 Å². The van der Waals surface area contributed by atoms with Crippen LogP contribution in [0, 0.1) is 11.3 Å². The SMILES string of the molecule is CCOc1c(OC)cc(C=C(C#N)C(N)=O)cc1OC. The summed E-state index contributed by atoms with van der Waals surface area (Å²) in [6.07, 6.45) is 1.36. The highest BCUT2D eigenvalue weighted by Crippen LogP contribution is 2.39. The number of primary amides is 1. The summed E-state index contributed by atoms with van der Waals surface area (Å²) in [5, 5.41) is 8.84. The second-order valence-electron chi connectivity index (χ2n) is 3.72. The average Bonchev–Trinajstić information content (AvgIpc) is 2.45. The summed E-state index contributed by atoms with van der Waals surface area (Å²) in [5.41, 5.74) is 5.50. The van der Waals surface area contributed by atoms with E-state index in [9.17, 15) is 4.79 Å². The van der Waals surface area contributed by atoms with Crippen molar-refractivity contribution in [2.24, 2.45) is 5.73 Å². The molecular weight excluding hydrogens is 260 g/mol. The second kappa shape index (κ2) is 7.04. The zero-order valence-electron chi connectivity index (χ0n) is 11.6. The van der Waals surface area contributed by atoms with Crippen molar-refractivity contribution in [1.29, 1.82) is 5.26 Å². The number of hydrogen-bond acceptors (Lipinski definition) is 5. The van der Waals surface area contributed by atoms with Crippen molar-refractivity contribution >= 4 is 12.0 Å². The van der Waals surface area contributed by atoms with E-state index in [1.54, 1.807) is 18.2 Å². The third kappa shape index (κ3) is 3.42. The summed E-state index contributed by atoms with van der Waals surface area (Å²) in [4.78, 5) is 11.1. The quantitative estimate of drug-likeness (QED) is 0.627. The van der Waals surface area contributed by atoms with Gasteiger partial charge in [0, 0.05) is 0 Å². The minimum atomic E-state index is -0.792. The normalized spacial score (nSPS) is 10.6. The molecule has 6 nitrogen and oxygen atoms in total.